The van der Waals surface area contributed by atoms with Crippen molar-refractivity contribution in [1.29, 1.82) is 0 Å². The molecule has 1 aromatic rings. The molecule has 1 saturated heterocycles. The van der Waals surface area contributed by atoms with Gasteiger partial charge in [-0.05, 0) is 24.7 Å². The molecule has 1 atom stereocenters. The summed E-state index contributed by atoms with van der Waals surface area (Å²) in [5.74, 6) is 1.89. The second kappa shape index (κ2) is 5.35. The van der Waals surface area contributed by atoms with E-state index in [1.807, 2.05) is 12.1 Å². The Bertz CT molecular complexity index is 296. The average Bonchev–Trinajstić information content (AvgIpc) is 2.31. The van der Waals surface area contributed by atoms with E-state index in [0.29, 0.717) is 5.88 Å². The van der Waals surface area contributed by atoms with Crippen LogP contribution < -0.4 is 4.74 Å². The van der Waals surface area contributed by atoms with Gasteiger partial charge in [0.15, 0.2) is 0 Å². The van der Waals surface area contributed by atoms with Gasteiger partial charge in [-0.3, -0.25) is 0 Å². The quantitative estimate of drug-likeness (QED) is 0.789. The topological polar surface area (TPSA) is 35.0 Å². The summed E-state index contributed by atoms with van der Waals surface area (Å²) in [5.41, 5.74) is 1.08. The lowest BCUT2D eigenvalue weighted by molar-refractivity contribution is 0.391. The molecule has 0 saturated carbocycles. The molecule has 0 aliphatic carbocycles. The highest BCUT2D eigenvalue weighted by Gasteiger charge is 2.15. The van der Waals surface area contributed by atoms with Crippen molar-refractivity contribution in [2.24, 2.45) is 0 Å². The van der Waals surface area contributed by atoms with Gasteiger partial charge in [-0.25, -0.2) is 0 Å². The summed E-state index contributed by atoms with van der Waals surface area (Å²) in [6, 6.07) is 3.90. The van der Waals surface area contributed by atoms with Gasteiger partial charge in [0.2, 0.25) is 5.88 Å². The van der Waals surface area contributed by atoms with Crippen LogP contribution in [0.15, 0.2) is 12.1 Å². The Hall–Kier alpha value is -0.770. The van der Waals surface area contributed by atoms with Crippen LogP contribution in [0.4, 0.5) is 0 Å². The summed E-state index contributed by atoms with van der Waals surface area (Å²) in [5, 5.41) is 8.87. The van der Waals surface area contributed by atoms with Crippen molar-refractivity contribution in [2.75, 3.05) is 12.9 Å². The summed E-state index contributed by atoms with van der Waals surface area (Å²) in [4.78, 5) is 0. The Kier molecular flexibility index (Phi) is 3.83. The smallest absolute Gasteiger partial charge is 0.233 e. The normalized spacial score (nSPS) is 21.3. The van der Waals surface area contributed by atoms with Crippen LogP contribution in [0, 0.1) is 0 Å². The number of aromatic nitrogens is 2. The molecular formula is C11H16N2OS. The van der Waals surface area contributed by atoms with Crippen LogP contribution in [0.3, 0.4) is 0 Å². The third-order valence-corrected chi connectivity index (χ3v) is 4.01. The molecule has 4 heteroatoms. The zero-order valence-corrected chi connectivity index (χ0v) is 9.80. The predicted molar refractivity (Wildman–Crippen MR) is 62.4 cm³/mol. The molecule has 1 aromatic heterocycles. The van der Waals surface area contributed by atoms with Crippen molar-refractivity contribution in [2.45, 2.75) is 30.9 Å². The van der Waals surface area contributed by atoms with Gasteiger partial charge in [0.1, 0.15) is 0 Å². The van der Waals surface area contributed by atoms with E-state index in [-0.39, 0.29) is 0 Å². The van der Waals surface area contributed by atoms with E-state index in [0.717, 1.165) is 17.4 Å². The third kappa shape index (κ3) is 3.09. The van der Waals surface area contributed by atoms with Crippen molar-refractivity contribution in [1.82, 2.24) is 10.2 Å². The standard InChI is InChI=1S/C11H16N2OS/c1-14-11-6-5-9(12-13-11)8-10-4-2-3-7-15-10/h5-6,10H,2-4,7-8H2,1H3. The van der Waals surface area contributed by atoms with Crippen LogP contribution in [0.25, 0.3) is 0 Å². The summed E-state index contributed by atoms with van der Waals surface area (Å²) in [6.07, 6.45) is 5.09. The van der Waals surface area contributed by atoms with E-state index in [1.165, 1.54) is 25.0 Å². The molecule has 15 heavy (non-hydrogen) atoms. The molecule has 1 aliphatic rings. The molecule has 1 unspecified atom stereocenters. The molecule has 0 spiro atoms. The average molecular weight is 224 g/mol. The van der Waals surface area contributed by atoms with E-state index in [9.17, 15) is 0 Å². The lowest BCUT2D eigenvalue weighted by atomic mass is 10.1. The number of hydrogen-bond acceptors (Lipinski definition) is 4. The van der Waals surface area contributed by atoms with Crippen LogP contribution >= 0.6 is 11.8 Å². The maximum absolute atomic E-state index is 4.98. The lowest BCUT2D eigenvalue weighted by Crippen LogP contribution is -2.13. The van der Waals surface area contributed by atoms with Gasteiger partial charge < -0.3 is 4.74 Å². The van der Waals surface area contributed by atoms with Crippen LogP contribution in [0.2, 0.25) is 0 Å². The fourth-order valence-corrected chi connectivity index (χ4v) is 3.09. The van der Waals surface area contributed by atoms with E-state index < -0.39 is 0 Å². The van der Waals surface area contributed by atoms with E-state index in [1.54, 1.807) is 7.11 Å². The summed E-state index contributed by atoms with van der Waals surface area (Å²) in [6.45, 7) is 0. The minimum absolute atomic E-state index is 0.593. The molecule has 0 N–H and O–H groups in total. The first-order valence-corrected chi connectivity index (χ1v) is 6.41. The summed E-state index contributed by atoms with van der Waals surface area (Å²) < 4.78 is 4.98. The fraction of sp³-hybridized carbons (Fsp3) is 0.636. The summed E-state index contributed by atoms with van der Waals surface area (Å²) in [7, 11) is 1.61. The molecule has 2 heterocycles. The SMILES string of the molecule is COc1ccc(CC2CCCCS2)nn1. The Morgan fingerprint density at radius 1 is 1.40 bits per heavy atom. The van der Waals surface area contributed by atoms with Gasteiger partial charge in [0, 0.05) is 17.7 Å². The summed E-state index contributed by atoms with van der Waals surface area (Å²) >= 11 is 2.07. The van der Waals surface area contributed by atoms with E-state index >= 15 is 0 Å². The fourth-order valence-electron chi connectivity index (χ4n) is 1.77. The van der Waals surface area contributed by atoms with E-state index in [4.69, 9.17) is 4.74 Å². The molecule has 82 valence electrons. The Morgan fingerprint density at radius 3 is 2.93 bits per heavy atom. The molecule has 0 bridgehead atoms. The third-order valence-electron chi connectivity index (χ3n) is 2.62. The minimum atomic E-state index is 0.593. The first kappa shape index (κ1) is 10.7. The highest BCUT2D eigenvalue weighted by Crippen LogP contribution is 2.27. The highest BCUT2D eigenvalue weighted by molar-refractivity contribution is 7.99. The molecule has 0 aromatic carbocycles. The monoisotopic (exact) mass is 224 g/mol. The first-order chi connectivity index (χ1) is 7.38. The number of ether oxygens (including phenoxy) is 1. The van der Waals surface area contributed by atoms with Gasteiger partial charge in [0.05, 0.1) is 12.8 Å². The molecule has 3 nitrogen and oxygen atoms in total. The lowest BCUT2D eigenvalue weighted by Gasteiger charge is -2.20. The van der Waals surface area contributed by atoms with Gasteiger partial charge in [-0.2, -0.15) is 16.9 Å². The number of rotatable bonds is 3. The van der Waals surface area contributed by atoms with Crippen LogP contribution in [0.1, 0.15) is 25.0 Å². The van der Waals surface area contributed by atoms with Crippen molar-refractivity contribution in [3.05, 3.63) is 17.8 Å². The number of nitrogens with zero attached hydrogens (tertiary/aromatic N) is 2. The Morgan fingerprint density at radius 2 is 2.33 bits per heavy atom. The largest absolute Gasteiger partial charge is 0.480 e. The van der Waals surface area contributed by atoms with Crippen LogP contribution in [0.5, 0.6) is 5.88 Å². The van der Waals surface area contributed by atoms with Gasteiger partial charge in [-0.1, -0.05) is 6.42 Å². The molecule has 2 rings (SSSR count). The van der Waals surface area contributed by atoms with Crippen molar-refractivity contribution in [3.63, 3.8) is 0 Å². The van der Waals surface area contributed by atoms with Gasteiger partial charge >= 0.3 is 0 Å². The molecule has 0 radical (unpaired) electrons. The Labute approximate surface area is 94.6 Å². The molecular weight excluding hydrogens is 208 g/mol. The zero-order valence-electron chi connectivity index (χ0n) is 8.98. The van der Waals surface area contributed by atoms with Crippen LogP contribution in [-0.2, 0) is 6.42 Å². The molecule has 1 aliphatic heterocycles. The maximum atomic E-state index is 4.98. The second-order valence-corrected chi connectivity index (χ2v) is 5.17. The second-order valence-electron chi connectivity index (χ2n) is 3.76. The van der Waals surface area contributed by atoms with E-state index in [2.05, 4.69) is 22.0 Å². The highest BCUT2D eigenvalue weighted by atomic mass is 32.2. The van der Waals surface area contributed by atoms with Crippen molar-refractivity contribution in [3.8, 4) is 5.88 Å². The molecule has 1 fully saturated rings. The predicted octanol–water partition coefficient (Wildman–Crippen LogP) is 2.31. The van der Waals surface area contributed by atoms with Gasteiger partial charge in [-0.15, -0.1) is 5.10 Å². The Balaban J connectivity index is 1.91. The number of hydrogen-bond donors (Lipinski definition) is 0. The minimum Gasteiger partial charge on any atom is -0.480 e. The maximum Gasteiger partial charge on any atom is 0.233 e. The number of methoxy groups -OCH3 is 1. The number of thioether (sulfide) groups is 1. The van der Waals surface area contributed by atoms with Crippen molar-refractivity contribution < 1.29 is 4.74 Å². The molecule has 0 amide bonds. The van der Waals surface area contributed by atoms with Crippen molar-refractivity contribution >= 4 is 11.8 Å². The zero-order chi connectivity index (χ0) is 10.5. The van der Waals surface area contributed by atoms with Crippen LogP contribution in [-0.4, -0.2) is 28.3 Å². The van der Waals surface area contributed by atoms with Gasteiger partial charge in [0.25, 0.3) is 0 Å². The first-order valence-electron chi connectivity index (χ1n) is 5.36.